The van der Waals surface area contributed by atoms with Gasteiger partial charge in [0.1, 0.15) is 0 Å². The molecule has 4 heteroatoms. The first-order chi connectivity index (χ1) is 8.58. The SMILES string of the molecule is Cc1cccnc1CC(=O)N1CCC(C)C(O)C1. The molecule has 0 radical (unpaired) electrons. The summed E-state index contributed by atoms with van der Waals surface area (Å²) in [4.78, 5) is 18.1. The summed E-state index contributed by atoms with van der Waals surface area (Å²) in [7, 11) is 0. The molecule has 1 fully saturated rings. The van der Waals surface area contributed by atoms with E-state index in [-0.39, 0.29) is 11.8 Å². The zero-order valence-corrected chi connectivity index (χ0v) is 11.0. The first-order valence-corrected chi connectivity index (χ1v) is 6.44. The molecule has 2 unspecified atom stereocenters. The average Bonchev–Trinajstić information content (AvgIpc) is 2.35. The van der Waals surface area contributed by atoms with Crippen LogP contribution >= 0.6 is 0 Å². The number of aliphatic hydroxyl groups excluding tert-OH is 1. The van der Waals surface area contributed by atoms with Crippen molar-refractivity contribution < 1.29 is 9.90 Å². The molecule has 4 nitrogen and oxygen atoms in total. The van der Waals surface area contributed by atoms with Gasteiger partial charge in [0, 0.05) is 19.3 Å². The maximum absolute atomic E-state index is 12.1. The van der Waals surface area contributed by atoms with Crippen LogP contribution in [-0.4, -0.2) is 40.1 Å². The van der Waals surface area contributed by atoms with Gasteiger partial charge in [0.05, 0.1) is 18.2 Å². The van der Waals surface area contributed by atoms with Crippen molar-refractivity contribution in [2.75, 3.05) is 13.1 Å². The summed E-state index contributed by atoms with van der Waals surface area (Å²) < 4.78 is 0. The van der Waals surface area contributed by atoms with Gasteiger partial charge in [0.25, 0.3) is 0 Å². The Morgan fingerprint density at radius 1 is 1.61 bits per heavy atom. The molecule has 98 valence electrons. The van der Waals surface area contributed by atoms with Crippen LogP contribution in [0.5, 0.6) is 0 Å². The minimum Gasteiger partial charge on any atom is -0.391 e. The number of likely N-dealkylation sites (tertiary alicyclic amines) is 1. The van der Waals surface area contributed by atoms with E-state index < -0.39 is 6.10 Å². The number of piperidine rings is 1. The van der Waals surface area contributed by atoms with Crippen LogP contribution in [0.4, 0.5) is 0 Å². The van der Waals surface area contributed by atoms with Gasteiger partial charge in [0.15, 0.2) is 0 Å². The molecule has 0 spiro atoms. The molecule has 1 aromatic rings. The van der Waals surface area contributed by atoms with Crippen molar-refractivity contribution in [3.63, 3.8) is 0 Å². The second-order valence-electron chi connectivity index (χ2n) is 5.12. The predicted molar refractivity (Wildman–Crippen MR) is 69.0 cm³/mol. The Labute approximate surface area is 108 Å². The quantitative estimate of drug-likeness (QED) is 0.854. The Kier molecular flexibility index (Phi) is 3.97. The summed E-state index contributed by atoms with van der Waals surface area (Å²) in [6.07, 6.45) is 2.51. The number of aliphatic hydroxyl groups is 1. The highest BCUT2D eigenvalue weighted by Crippen LogP contribution is 2.18. The molecule has 1 N–H and O–H groups in total. The number of amides is 1. The number of hydrogen-bond donors (Lipinski definition) is 1. The van der Waals surface area contributed by atoms with Crippen LogP contribution in [0.1, 0.15) is 24.6 Å². The predicted octanol–water partition coefficient (Wildman–Crippen LogP) is 1.16. The zero-order chi connectivity index (χ0) is 13.1. The third-order valence-corrected chi connectivity index (χ3v) is 3.71. The van der Waals surface area contributed by atoms with E-state index in [1.54, 1.807) is 11.1 Å². The normalized spacial score (nSPS) is 24.1. The molecule has 0 aromatic carbocycles. The van der Waals surface area contributed by atoms with E-state index in [0.717, 1.165) is 24.2 Å². The largest absolute Gasteiger partial charge is 0.391 e. The summed E-state index contributed by atoms with van der Waals surface area (Å²) in [5.41, 5.74) is 1.87. The lowest BCUT2D eigenvalue weighted by Crippen LogP contribution is -2.46. The lowest BCUT2D eigenvalue weighted by Gasteiger charge is -2.34. The Balaban J connectivity index is 1.99. The third kappa shape index (κ3) is 2.88. The highest BCUT2D eigenvalue weighted by Gasteiger charge is 2.27. The lowest BCUT2D eigenvalue weighted by atomic mass is 9.95. The van der Waals surface area contributed by atoms with Gasteiger partial charge in [-0.3, -0.25) is 9.78 Å². The van der Waals surface area contributed by atoms with E-state index in [1.807, 2.05) is 26.0 Å². The van der Waals surface area contributed by atoms with Gasteiger partial charge in [-0.1, -0.05) is 13.0 Å². The Morgan fingerprint density at radius 2 is 2.39 bits per heavy atom. The van der Waals surface area contributed by atoms with E-state index >= 15 is 0 Å². The van der Waals surface area contributed by atoms with E-state index in [9.17, 15) is 9.90 Å². The van der Waals surface area contributed by atoms with Gasteiger partial charge in [-0.2, -0.15) is 0 Å². The lowest BCUT2D eigenvalue weighted by molar-refractivity contribution is -0.134. The van der Waals surface area contributed by atoms with Gasteiger partial charge >= 0.3 is 0 Å². The highest BCUT2D eigenvalue weighted by atomic mass is 16.3. The maximum atomic E-state index is 12.1. The minimum absolute atomic E-state index is 0.0581. The fourth-order valence-corrected chi connectivity index (χ4v) is 2.23. The number of pyridine rings is 1. The molecule has 0 aliphatic carbocycles. The molecule has 0 saturated carbocycles. The summed E-state index contributed by atoms with van der Waals surface area (Å²) >= 11 is 0. The second kappa shape index (κ2) is 5.48. The van der Waals surface area contributed by atoms with Gasteiger partial charge in [0.2, 0.25) is 5.91 Å². The maximum Gasteiger partial charge on any atom is 0.228 e. The standard InChI is InChI=1S/C14H20N2O2/c1-10-4-3-6-15-12(10)8-14(18)16-7-5-11(2)13(17)9-16/h3-4,6,11,13,17H,5,7-9H2,1-2H3. The Hall–Kier alpha value is -1.42. The molecule has 2 heterocycles. The number of nitrogens with zero attached hydrogens (tertiary/aromatic N) is 2. The molecule has 1 amide bonds. The van der Waals surface area contributed by atoms with Crippen molar-refractivity contribution in [2.24, 2.45) is 5.92 Å². The first-order valence-electron chi connectivity index (χ1n) is 6.44. The van der Waals surface area contributed by atoms with Crippen molar-refractivity contribution >= 4 is 5.91 Å². The van der Waals surface area contributed by atoms with Crippen LogP contribution in [0, 0.1) is 12.8 Å². The van der Waals surface area contributed by atoms with Crippen LogP contribution in [0.2, 0.25) is 0 Å². The van der Waals surface area contributed by atoms with Crippen molar-refractivity contribution in [1.29, 1.82) is 0 Å². The molecule has 2 atom stereocenters. The molecule has 2 rings (SSSR count). The van der Waals surface area contributed by atoms with E-state index in [1.165, 1.54) is 0 Å². The molecular formula is C14H20N2O2. The second-order valence-corrected chi connectivity index (χ2v) is 5.12. The summed E-state index contributed by atoms with van der Waals surface area (Å²) in [5, 5.41) is 9.81. The Bertz CT molecular complexity index is 434. The summed E-state index contributed by atoms with van der Waals surface area (Å²) in [6, 6.07) is 3.83. The molecular weight excluding hydrogens is 228 g/mol. The van der Waals surface area contributed by atoms with Crippen molar-refractivity contribution in [3.8, 4) is 0 Å². The minimum atomic E-state index is -0.396. The van der Waals surface area contributed by atoms with Crippen LogP contribution in [-0.2, 0) is 11.2 Å². The summed E-state index contributed by atoms with van der Waals surface area (Å²) in [6.45, 7) is 5.17. The number of carbonyl (C=O) groups excluding carboxylic acids is 1. The van der Waals surface area contributed by atoms with Crippen molar-refractivity contribution in [1.82, 2.24) is 9.88 Å². The number of aryl methyl sites for hydroxylation is 1. The molecule has 1 aromatic heterocycles. The molecule has 18 heavy (non-hydrogen) atoms. The molecule has 1 saturated heterocycles. The van der Waals surface area contributed by atoms with Crippen LogP contribution in [0.15, 0.2) is 18.3 Å². The van der Waals surface area contributed by atoms with Gasteiger partial charge < -0.3 is 10.0 Å². The van der Waals surface area contributed by atoms with Crippen LogP contribution in [0.25, 0.3) is 0 Å². The van der Waals surface area contributed by atoms with Crippen LogP contribution in [0.3, 0.4) is 0 Å². The molecule has 0 bridgehead atoms. The van der Waals surface area contributed by atoms with E-state index in [0.29, 0.717) is 13.0 Å². The zero-order valence-electron chi connectivity index (χ0n) is 11.0. The fraction of sp³-hybridized carbons (Fsp3) is 0.571. The average molecular weight is 248 g/mol. The highest BCUT2D eigenvalue weighted by molar-refractivity contribution is 5.78. The third-order valence-electron chi connectivity index (χ3n) is 3.71. The fourth-order valence-electron chi connectivity index (χ4n) is 2.23. The number of hydrogen-bond acceptors (Lipinski definition) is 3. The van der Waals surface area contributed by atoms with Gasteiger partial charge in [-0.15, -0.1) is 0 Å². The first kappa shape index (κ1) is 13.0. The van der Waals surface area contributed by atoms with Crippen LogP contribution < -0.4 is 0 Å². The Morgan fingerprint density at radius 3 is 3.06 bits per heavy atom. The number of aromatic nitrogens is 1. The number of rotatable bonds is 2. The molecule has 1 aliphatic heterocycles. The van der Waals surface area contributed by atoms with Gasteiger partial charge in [-0.05, 0) is 30.9 Å². The topological polar surface area (TPSA) is 53.4 Å². The molecule has 1 aliphatic rings. The number of carbonyl (C=O) groups is 1. The smallest absolute Gasteiger partial charge is 0.228 e. The van der Waals surface area contributed by atoms with Crippen molar-refractivity contribution in [3.05, 3.63) is 29.6 Å². The number of β-amino-alcohol motifs (C(OH)–C–C–N with tert-alkyl or cyclic N) is 1. The van der Waals surface area contributed by atoms with E-state index in [4.69, 9.17) is 0 Å². The summed E-state index contributed by atoms with van der Waals surface area (Å²) in [5.74, 6) is 0.341. The van der Waals surface area contributed by atoms with Gasteiger partial charge in [-0.25, -0.2) is 0 Å². The van der Waals surface area contributed by atoms with E-state index in [2.05, 4.69) is 4.98 Å². The van der Waals surface area contributed by atoms with Crippen molar-refractivity contribution in [2.45, 2.75) is 32.8 Å². The monoisotopic (exact) mass is 248 g/mol.